The highest BCUT2D eigenvalue weighted by atomic mass is 35.5. The molecule has 0 aliphatic carbocycles. The Morgan fingerprint density at radius 2 is 1.06 bits per heavy atom. The summed E-state index contributed by atoms with van der Waals surface area (Å²) in [6.45, 7) is 11.9. The van der Waals surface area contributed by atoms with Crippen molar-refractivity contribution in [2.24, 2.45) is 0 Å². The molecular weight excluding hydrogens is 731 g/mol. The number of carbonyl (C=O) groups is 2. The number of benzene rings is 2. The van der Waals surface area contributed by atoms with Gasteiger partial charge >= 0.3 is 0 Å². The van der Waals surface area contributed by atoms with Gasteiger partial charge in [-0.25, -0.2) is 0 Å². The molecule has 2 amide bonds. The summed E-state index contributed by atoms with van der Waals surface area (Å²) in [6.07, 6.45) is 0. The maximum atomic E-state index is 11.3. The molecule has 4 aromatic rings. The molecule has 2 fully saturated rings. The molecule has 2 aliphatic heterocycles. The minimum Gasteiger partial charge on any atom is -0.481 e. The number of hydrogen-bond donors (Lipinski definition) is 2. The number of aromatic nitrogens is 2. The van der Waals surface area contributed by atoms with E-state index in [2.05, 4.69) is 56.4 Å². The van der Waals surface area contributed by atoms with Gasteiger partial charge in [-0.3, -0.25) is 19.4 Å². The summed E-state index contributed by atoms with van der Waals surface area (Å²) in [6, 6.07) is 16.3. The third-order valence-corrected chi connectivity index (χ3v) is 10.3. The summed E-state index contributed by atoms with van der Waals surface area (Å²) in [4.78, 5) is 36.3. The van der Waals surface area contributed by atoms with Gasteiger partial charge in [0.25, 0.3) is 0 Å². The fraction of sp³-hybridized carbons (Fsp3) is 0.400. The molecule has 14 heteroatoms. The van der Waals surface area contributed by atoms with Crippen LogP contribution in [0.4, 0.5) is 0 Å². The van der Waals surface area contributed by atoms with E-state index in [0.29, 0.717) is 46.7 Å². The topological polar surface area (TPSA) is 127 Å². The van der Waals surface area contributed by atoms with Crippen LogP contribution in [-0.4, -0.2) is 84.1 Å². The first-order valence-electron chi connectivity index (χ1n) is 17.8. The first-order chi connectivity index (χ1) is 25.9. The van der Waals surface area contributed by atoms with Gasteiger partial charge in [0, 0.05) is 64.2 Å². The van der Waals surface area contributed by atoms with Gasteiger partial charge in [0.05, 0.1) is 26.3 Å². The van der Waals surface area contributed by atoms with Crippen LogP contribution in [0.2, 0.25) is 10.0 Å². The fourth-order valence-corrected chi connectivity index (χ4v) is 7.42. The molecule has 2 aliphatic rings. The van der Waals surface area contributed by atoms with E-state index in [0.717, 1.165) is 70.7 Å². The van der Waals surface area contributed by atoms with Gasteiger partial charge < -0.3 is 29.6 Å². The summed E-state index contributed by atoms with van der Waals surface area (Å²) in [7, 11) is 3.16. The molecule has 4 heterocycles. The average Bonchev–Trinajstić information content (AvgIpc) is 3.10. The summed E-state index contributed by atoms with van der Waals surface area (Å²) < 4.78 is 23.5. The molecule has 54 heavy (non-hydrogen) atoms. The number of rotatable bonds is 15. The van der Waals surface area contributed by atoms with E-state index < -0.39 is 0 Å². The van der Waals surface area contributed by atoms with Crippen molar-refractivity contribution in [3.05, 3.63) is 92.0 Å². The van der Waals surface area contributed by atoms with Crippen molar-refractivity contribution in [3.63, 3.8) is 0 Å². The Hall–Kier alpha value is -4.62. The average molecular weight is 778 g/mol. The lowest BCUT2D eigenvalue weighted by Crippen LogP contribution is -2.58. The predicted molar refractivity (Wildman–Crippen MR) is 207 cm³/mol. The van der Waals surface area contributed by atoms with Crippen molar-refractivity contribution in [3.8, 4) is 34.6 Å². The van der Waals surface area contributed by atoms with Crippen LogP contribution in [0.1, 0.15) is 47.2 Å². The van der Waals surface area contributed by atoms with Crippen molar-refractivity contribution in [1.82, 2.24) is 30.4 Å². The SMILES string of the molecule is COc1nc(OCc2cccc(-c3cccc(COc4nc(OC)c(CN5CC(NC(C)=O)C5)cc4Cl)c3C)c2C)c(Cl)cc1CN1CC(NC(C)=O)C1. The van der Waals surface area contributed by atoms with E-state index in [1.807, 2.05) is 36.4 Å². The van der Waals surface area contributed by atoms with Crippen molar-refractivity contribution in [2.75, 3.05) is 40.4 Å². The van der Waals surface area contributed by atoms with Crippen LogP contribution in [0.15, 0.2) is 48.5 Å². The number of methoxy groups -OCH3 is 2. The molecule has 12 nitrogen and oxygen atoms in total. The van der Waals surface area contributed by atoms with Crippen molar-refractivity contribution >= 4 is 35.0 Å². The highest BCUT2D eigenvalue weighted by Crippen LogP contribution is 2.35. The van der Waals surface area contributed by atoms with E-state index in [1.165, 1.54) is 13.8 Å². The van der Waals surface area contributed by atoms with E-state index in [4.69, 9.17) is 42.1 Å². The maximum Gasteiger partial charge on any atom is 0.236 e. The Morgan fingerprint density at radius 3 is 1.41 bits per heavy atom. The number of ether oxygens (including phenoxy) is 4. The smallest absolute Gasteiger partial charge is 0.236 e. The zero-order chi connectivity index (χ0) is 38.5. The molecule has 0 unspecified atom stereocenters. The number of pyridine rings is 2. The zero-order valence-electron chi connectivity index (χ0n) is 31.4. The van der Waals surface area contributed by atoms with Gasteiger partial charge in [0.15, 0.2) is 0 Å². The number of nitrogens with one attached hydrogen (secondary N) is 2. The lowest BCUT2D eigenvalue weighted by atomic mass is 9.92. The second-order valence-electron chi connectivity index (χ2n) is 13.8. The van der Waals surface area contributed by atoms with Crippen LogP contribution >= 0.6 is 23.2 Å². The van der Waals surface area contributed by atoms with Crippen LogP contribution in [0.5, 0.6) is 23.5 Å². The van der Waals surface area contributed by atoms with Crippen LogP contribution in [0.3, 0.4) is 0 Å². The van der Waals surface area contributed by atoms with Crippen molar-refractivity contribution in [2.45, 2.75) is 66.1 Å². The molecule has 2 saturated heterocycles. The number of hydrogen-bond acceptors (Lipinski definition) is 10. The lowest BCUT2D eigenvalue weighted by molar-refractivity contribution is -0.121. The van der Waals surface area contributed by atoms with Gasteiger partial charge in [-0.1, -0.05) is 59.6 Å². The minimum absolute atomic E-state index is 0.0274. The highest BCUT2D eigenvalue weighted by Gasteiger charge is 2.30. The fourth-order valence-electron chi connectivity index (χ4n) is 6.96. The molecule has 0 bridgehead atoms. The summed E-state index contributed by atoms with van der Waals surface area (Å²) in [5.41, 5.74) is 7.97. The van der Waals surface area contributed by atoms with E-state index in [1.54, 1.807) is 14.2 Å². The van der Waals surface area contributed by atoms with Crippen LogP contribution in [0, 0.1) is 13.8 Å². The second kappa shape index (κ2) is 17.2. The molecule has 0 atom stereocenters. The molecule has 2 N–H and O–H groups in total. The molecule has 0 spiro atoms. The monoisotopic (exact) mass is 776 g/mol. The first-order valence-corrected chi connectivity index (χ1v) is 18.6. The number of carbonyl (C=O) groups excluding carboxylic acids is 2. The molecule has 2 aromatic heterocycles. The molecular formula is C40H46Cl2N6O6. The zero-order valence-corrected chi connectivity index (χ0v) is 32.9. The third-order valence-electron chi connectivity index (χ3n) is 9.78. The number of likely N-dealkylation sites (tertiary alicyclic amines) is 2. The molecule has 286 valence electrons. The van der Waals surface area contributed by atoms with Gasteiger partial charge in [-0.2, -0.15) is 9.97 Å². The normalized spacial score (nSPS) is 14.9. The predicted octanol–water partition coefficient (Wildman–Crippen LogP) is 5.88. The Labute approximate surface area is 326 Å². The molecule has 0 radical (unpaired) electrons. The highest BCUT2D eigenvalue weighted by molar-refractivity contribution is 6.32. The number of nitrogens with zero attached hydrogens (tertiary/aromatic N) is 4. The van der Waals surface area contributed by atoms with E-state index >= 15 is 0 Å². The standard InChI is InChI=1S/C40H46Cl2N6O6/c1-23-27(21-53-39-35(41)13-29(37(45-39)51-5)15-47-17-31(18-47)43-25(3)49)9-7-11-33(23)34-12-8-10-28(24(34)2)22-54-40-36(42)14-30(38(46-40)52-6)16-48-19-32(20-48)44-26(4)50/h7-14,31-32H,15-22H2,1-6H3,(H,43,49)(H,44,50). The molecule has 2 aromatic carbocycles. The van der Waals surface area contributed by atoms with E-state index in [9.17, 15) is 9.59 Å². The minimum atomic E-state index is -0.0274. The van der Waals surface area contributed by atoms with Crippen LogP contribution in [-0.2, 0) is 35.9 Å². The largest absolute Gasteiger partial charge is 0.481 e. The van der Waals surface area contributed by atoms with Gasteiger partial charge in [0.2, 0.25) is 35.3 Å². The van der Waals surface area contributed by atoms with Gasteiger partial charge in [-0.05, 0) is 59.4 Å². The summed E-state index contributed by atoms with van der Waals surface area (Å²) in [5.74, 6) is 1.44. The lowest BCUT2D eigenvalue weighted by Gasteiger charge is -2.39. The Balaban J connectivity index is 1.10. The van der Waals surface area contributed by atoms with Crippen LogP contribution in [0.25, 0.3) is 11.1 Å². The first kappa shape index (κ1) is 39.1. The number of halogens is 2. The molecule has 6 rings (SSSR count). The number of amides is 2. The van der Waals surface area contributed by atoms with Gasteiger partial charge in [0.1, 0.15) is 23.3 Å². The van der Waals surface area contributed by atoms with E-state index in [-0.39, 0.29) is 37.1 Å². The van der Waals surface area contributed by atoms with Crippen molar-refractivity contribution in [1.29, 1.82) is 0 Å². The van der Waals surface area contributed by atoms with Crippen LogP contribution < -0.4 is 29.6 Å². The summed E-state index contributed by atoms with van der Waals surface area (Å²) >= 11 is 13.3. The van der Waals surface area contributed by atoms with Gasteiger partial charge in [-0.15, -0.1) is 0 Å². The summed E-state index contributed by atoms with van der Waals surface area (Å²) in [5, 5.41) is 6.67. The van der Waals surface area contributed by atoms with Crippen molar-refractivity contribution < 1.29 is 28.5 Å². The Kier molecular flexibility index (Phi) is 12.5. The second-order valence-corrected chi connectivity index (χ2v) is 14.6. The quantitative estimate of drug-likeness (QED) is 0.151. The Morgan fingerprint density at radius 1 is 0.667 bits per heavy atom. The molecule has 0 saturated carbocycles. The maximum absolute atomic E-state index is 11.3. The Bertz CT molecular complexity index is 1870. The third kappa shape index (κ3) is 9.18.